The van der Waals surface area contributed by atoms with E-state index < -0.39 is 0 Å². The molecule has 5 nitrogen and oxygen atoms in total. The second kappa shape index (κ2) is 5.18. The van der Waals surface area contributed by atoms with Crippen LogP contribution in [0.2, 0.25) is 0 Å². The van der Waals surface area contributed by atoms with Crippen molar-refractivity contribution >= 4 is 11.8 Å². The Morgan fingerprint density at radius 2 is 2.38 bits per heavy atom. The largest absolute Gasteiger partial charge is 0.324 e. The molecule has 1 aromatic heterocycles. The van der Waals surface area contributed by atoms with Crippen LogP contribution < -0.4 is 5.73 Å². The first-order valence-corrected chi connectivity index (χ1v) is 5.54. The summed E-state index contributed by atoms with van der Waals surface area (Å²) in [6.07, 6.45) is 3.17. The van der Waals surface area contributed by atoms with E-state index in [0.717, 1.165) is 18.8 Å². The molecule has 0 saturated carbocycles. The predicted octanol–water partition coefficient (Wildman–Crippen LogP) is 0.273. The number of nitrogens with two attached hydrogens (primary N) is 1. The van der Waals surface area contributed by atoms with Gasteiger partial charge in [-0.05, 0) is 23.1 Å². The summed E-state index contributed by atoms with van der Waals surface area (Å²) in [5.74, 6) is 0.758. The highest BCUT2D eigenvalue weighted by Gasteiger charge is 2.05. The normalized spacial score (nSPS) is 13.2. The molecule has 2 N–H and O–H groups in total. The molecule has 13 heavy (non-hydrogen) atoms. The van der Waals surface area contributed by atoms with E-state index in [1.54, 1.807) is 4.68 Å². The van der Waals surface area contributed by atoms with Crippen molar-refractivity contribution in [3.8, 4) is 0 Å². The molecule has 1 unspecified atom stereocenters. The zero-order valence-electron chi connectivity index (χ0n) is 7.97. The van der Waals surface area contributed by atoms with Gasteiger partial charge in [-0.2, -0.15) is 11.8 Å². The first kappa shape index (κ1) is 10.5. The number of hydrogen-bond acceptors (Lipinski definition) is 5. The predicted molar refractivity (Wildman–Crippen MR) is 53.3 cm³/mol. The fraction of sp³-hybridized carbons (Fsp3) is 0.857. The third-order valence-electron chi connectivity index (χ3n) is 1.94. The zero-order chi connectivity index (χ0) is 9.68. The Morgan fingerprint density at radius 3 is 3.00 bits per heavy atom. The molecule has 0 aliphatic heterocycles. The van der Waals surface area contributed by atoms with Crippen LogP contribution in [0.3, 0.4) is 0 Å². The van der Waals surface area contributed by atoms with Crippen LogP contribution in [-0.2, 0) is 13.1 Å². The number of hydrogen-bond donors (Lipinski definition) is 1. The summed E-state index contributed by atoms with van der Waals surface area (Å²) in [6, 6.07) is 0. The molecular formula is C7H15N5S. The van der Waals surface area contributed by atoms with Crippen molar-refractivity contribution < 1.29 is 0 Å². The summed E-state index contributed by atoms with van der Waals surface area (Å²) < 4.78 is 1.77. The van der Waals surface area contributed by atoms with E-state index in [0.29, 0.717) is 11.8 Å². The third kappa shape index (κ3) is 2.96. The fourth-order valence-corrected chi connectivity index (χ4v) is 1.31. The Bertz CT molecular complexity index is 249. The van der Waals surface area contributed by atoms with Gasteiger partial charge in [0.1, 0.15) is 0 Å². The molecule has 0 aliphatic rings. The third-order valence-corrected chi connectivity index (χ3v) is 2.98. The van der Waals surface area contributed by atoms with Crippen LogP contribution in [0.1, 0.15) is 19.2 Å². The number of aromatic nitrogens is 4. The smallest absolute Gasteiger partial charge is 0.164 e. The molecule has 0 aliphatic carbocycles. The van der Waals surface area contributed by atoms with Crippen molar-refractivity contribution in [3.05, 3.63) is 5.82 Å². The maximum absolute atomic E-state index is 5.47. The summed E-state index contributed by atoms with van der Waals surface area (Å²) in [6.45, 7) is 3.44. The maximum Gasteiger partial charge on any atom is 0.164 e. The molecule has 0 spiro atoms. The van der Waals surface area contributed by atoms with Gasteiger partial charge in [-0.15, -0.1) is 5.10 Å². The lowest BCUT2D eigenvalue weighted by molar-refractivity contribution is 0.538. The summed E-state index contributed by atoms with van der Waals surface area (Å²) in [7, 11) is 0. The Hall–Kier alpha value is -0.620. The number of tetrazole rings is 1. The average Bonchev–Trinajstić information content (AvgIpc) is 2.61. The van der Waals surface area contributed by atoms with Crippen LogP contribution in [0, 0.1) is 0 Å². The van der Waals surface area contributed by atoms with Gasteiger partial charge >= 0.3 is 0 Å². The second-order valence-electron chi connectivity index (χ2n) is 2.86. The number of thioether (sulfide) groups is 1. The number of aryl methyl sites for hydroxylation is 1. The standard InChI is InChI=1S/C7H15N5S/c1-6(13-2)3-4-12-7(5-8)9-10-11-12/h6H,3-5,8H2,1-2H3. The minimum Gasteiger partial charge on any atom is -0.324 e. The van der Waals surface area contributed by atoms with Crippen LogP contribution >= 0.6 is 11.8 Å². The molecule has 0 fully saturated rings. The molecular weight excluding hydrogens is 186 g/mol. The van der Waals surface area contributed by atoms with Gasteiger partial charge in [0.05, 0.1) is 6.54 Å². The molecule has 0 saturated heterocycles. The Morgan fingerprint density at radius 1 is 1.62 bits per heavy atom. The summed E-state index contributed by atoms with van der Waals surface area (Å²) in [4.78, 5) is 0. The molecule has 6 heteroatoms. The summed E-state index contributed by atoms with van der Waals surface area (Å²) in [5, 5.41) is 11.9. The first-order chi connectivity index (χ1) is 6.27. The van der Waals surface area contributed by atoms with E-state index in [-0.39, 0.29) is 0 Å². The zero-order valence-corrected chi connectivity index (χ0v) is 8.79. The van der Waals surface area contributed by atoms with Gasteiger partial charge in [-0.1, -0.05) is 6.92 Å². The lowest BCUT2D eigenvalue weighted by Crippen LogP contribution is -2.12. The number of nitrogens with zero attached hydrogens (tertiary/aromatic N) is 4. The van der Waals surface area contributed by atoms with Crippen LogP contribution in [0.25, 0.3) is 0 Å². The van der Waals surface area contributed by atoms with Gasteiger partial charge in [0, 0.05) is 11.8 Å². The summed E-state index contributed by atoms with van der Waals surface area (Å²) >= 11 is 1.85. The Labute approximate surface area is 82.1 Å². The van der Waals surface area contributed by atoms with E-state index in [1.165, 1.54) is 0 Å². The lowest BCUT2D eigenvalue weighted by Gasteiger charge is -2.07. The van der Waals surface area contributed by atoms with Crippen molar-refractivity contribution in [3.63, 3.8) is 0 Å². The van der Waals surface area contributed by atoms with E-state index in [9.17, 15) is 0 Å². The van der Waals surface area contributed by atoms with Crippen molar-refractivity contribution in [1.82, 2.24) is 20.2 Å². The SMILES string of the molecule is CSC(C)CCn1nnnc1CN. The van der Waals surface area contributed by atoms with Crippen molar-refractivity contribution in [2.75, 3.05) is 6.26 Å². The van der Waals surface area contributed by atoms with Crippen molar-refractivity contribution in [1.29, 1.82) is 0 Å². The molecule has 1 rings (SSSR count). The van der Waals surface area contributed by atoms with Gasteiger partial charge in [0.25, 0.3) is 0 Å². The molecule has 0 bridgehead atoms. The van der Waals surface area contributed by atoms with Crippen molar-refractivity contribution in [2.24, 2.45) is 5.73 Å². The van der Waals surface area contributed by atoms with Gasteiger partial charge in [0.2, 0.25) is 0 Å². The fourth-order valence-electron chi connectivity index (χ4n) is 0.965. The van der Waals surface area contributed by atoms with Gasteiger partial charge in [-0.25, -0.2) is 4.68 Å². The van der Waals surface area contributed by atoms with Crippen LogP contribution in [0.15, 0.2) is 0 Å². The highest BCUT2D eigenvalue weighted by molar-refractivity contribution is 7.99. The van der Waals surface area contributed by atoms with E-state index in [2.05, 4.69) is 28.7 Å². The molecule has 0 amide bonds. The van der Waals surface area contributed by atoms with Crippen LogP contribution in [0.5, 0.6) is 0 Å². The second-order valence-corrected chi connectivity index (χ2v) is 4.13. The van der Waals surface area contributed by atoms with E-state index in [4.69, 9.17) is 5.73 Å². The monoisotopic (exact) mass is 201 g/mol. The van der Waals surface area contributed by atoms with Crippen molar-refractivity contribution in [2.45, 2.75) is 31.7 Å². The Balaban J connectivity index is 2.44. The molecule has 1 atom stereocenters. The molecule has 74 valence electrons. The van der Waals surface area contributed by atoms with E-state index in [1.807, 2.05) is 11.8 Å². The van der Waals surface area contributed by atoms with Gasteiger partial charge in [-0.3, -0.25) is 0 Å². The first-order valence-electron chi connectivity index (χ1n) is 4.25. The molecule has 1 heterocycles. The van der Waals surface area contributed by atoms with Gasteiger partial charge < -0.3 is 5.73 Å². The minimum absolute atomic E-state index is 0.403. The highest BCUT2D eigenvalue weighted by Crippen LogP contribution is 2.10. The summed E-state index contributed by atoms with van der Waals surface area (Å²) in [5.41, 5.74) is 5.47. The highest BCUT2D eigenvalue weighted by atomic mass is 32.2. The average molecular weight is 201 g/mol. The Kier molecular flexibility index (Phi) is 4.17. The van der Waals surface area contributed by atoms with Crippen LogP contribution in [0.4, 0.5) is 0 Å². The quantitative estimate of drug-likeness (QED) is 0.740. The van der Waals surface area contributed by atoms with Gasteiger partial charge in [0.15, 0.2) is 5.82 Å². The molecule has 1 aromatic rings. The minimum atomic E-state index is 0.403. The lowest BCUT2D eigenvalue weighted by atomic mass is 10.3. The maximum atomic E-state index is 5.47. The topological polar surface area (TPSA) is 69.6 Å². The van der Waals surface area contributed by atoms with Crippen LogP contribution in [-0.4, -0.2) is 31.7 Å². The molecule has 0 radical (unpaired) electrons. The number of rotatable bonds is 5. The molecule has 0 aromatic carbocycles. The van der Waals surface area contributed by atoms with E-state index >= 15 is 0 Å².